The Bertz CT molecular complexity index is 681. The molecule has 1 N–H and O–H groups in total. The van der Waals surface area contributed by atoms with Crippen LogP contribution in [0.1, 0.15) is 17.3 Å². The Morgan fingerprint density at radius 1 is 1.44 bits per heavy atom. The number of rotatable bonds is 3. The summed E-state index contributed by atoms with van der Waals surface area (Å²) in [5.41, 5.74) is -0.705. The zero-order valence-corrected chi connectivity index (χ0v) is 10.6. The number of carbonyl (C=O) groups is 1. The van der Waals surface area contributed by atoms with Crippen molar-refractivity contribution in [3.8, 4) is 5.75 Å². The van der Waals surface area contributed by atoms with Gasteiger partial charge in [-0.2, -0.15) is 0 Å². The first-order valence-corrected chi connectivity index (χ1v) is 6.27. The lowest BCUT2D eigenvalue weighted by atomic mass is 10.1. The standard InChI is InChI=1S/C12H10FNO3S/c1-6(15)9-11(17-18-2)7-4-3-5-8(13)10(7)14-12(9)16/h3-5H,1-2H3,(H,14,16). The number of fused-ring (bicyclic) bond motifs is 1. The number of Topliss-reactive ketones (excluding diaryl/α,β-unsaturated/α-hetero) is 1. The average molecular weight is 267 g/mol. The number of para-hydroxylation sites is 1. The van der Waals surface area contributed by atoms with Crippen LogP contribution in [0.2, 0.25) is 0 Å². The number of nitrogens with one attached hydrogen (secondary N) is 1. The van der Waals surface area contributed by atoms with E-state index in [0.29, 0.717) is 5.39 Å². The monoisotopic (exact) mass is 267 g/mol. The summed E-state index contributed by atoms with van der Waals surface area (Å²) >= 11 is 0.988. The molecule has 0 bridgehead atoms. The summed E-state index contributed by atoms with van der Waals surface area (Å²) in [4.78, 5) is 25.6. The number of carbonyl (C=O) groups excluding carboxylic acids is 1. The zero-order valence-electron chi connectivity index (χ0n) is 9.74. The molecule has 94 valence electrons. The minimum Gasteiger partial charge on any atom is -0.424 e. The highest BCUT2D eigenvalue weighted by atomic mass is 32.2. The van der Waals surface area contributed by atoms with E-state index in [2.05, 4.69) is 4.98 Å². The van der Waals surface area contributed by atoms with E-state index in [1.165, 1.54) is 19.1 Å². The second-order valence-corrected chi connectivity index (χ2v) is 4.13. The van der Waals surface area contributed by atoms with Gasteiger partial charge in [0.15, 0.2) is 11.5 Å². The van der Waals surface area contributed by atoms with Crippen LogP contribution in [0.25, 0.3) is 10.9 Å². The maximum Gasteiger partial charge on any atom is 0.263 e. The van der Waals surface area contributed by atoms with Crippen LogP contribution in [-0.4, -0.2) is 17.0 Å². The fourth-order valence-corrected chi connectivity index (χ4v) is 2.08. The van der Waals surface area contributed by atoms with E-state index in [4.69, 9.17) is 4.18 Å². The van der Waals surface area contributed by atoms with E-state index in [1.807, 2.05) is 0 Å². The van der Waals surface area contributed by atoms with Crippen molar-refractivity contribution in [1.29, 1.82) is 0 Å². The number of H-pyrrole nitrogens is 1. The fraction of sp³-hybridized carbons (Fsp3) is 0.167. The van der Waals surface area contributed by atoms with Crippen LogP contribution in [0, 0.1) is 5.82 Å². The molecule has 0 amide bonds. The van der Waals surface area contributed by atoms with Gasteiger partial charge in [-0.05, 0) is 19.1 Å². The lowest BCUT2D eigenvalue weighted by Gasteiger charge is -2.09. The van der Waals surface area contributed by atoms with Gasteiger partial charge in [-0.15, -0.1) is 0 Å². The summed E-state index contributed by atoms with van der Waals surface area (Å²) in [5.74, 6) is -0.884. The fourth-order valence-electron chi connectivity index (χ4n) is 1.74. The number of pyridine rings is 1. The smallest absolute Gasteiger partial charge is 0.263 e. The Morgan fingerprint density at radius 2 is 2.17 bits per heavy atom. The van der Waals surface area contributed by atoms with Crippen molar-refractivity contribution in [3.05, 3.63) is 39.9 Å². The van der Waals surface area contributed by atoms with Crippen LogP contribution in [0.4, 0.5) is 4.39 Å². The van der Waals surface area contributed by atoms with Gasteiger partial charge in [0.05, 0.1) is 17.6 Å². The number of aromatic amines is 1. The lowest BCUT2D eigenvalue weighted by Crippen LogP contribution is -2.17. The molecule has 0 saturated carbocycles. The van der Waals surface area contributed by atoms with Crippen LogP contribution in [0.15, 0.2) is 23.0 Å². The maximum absolute atomic E-state index is 13.6. The first kappa shape index (κ1) is 12.6. The number of hydrogen-bond acceptors (Lipinski definition) is 4. The third-order valence-corrected chi connectivity index (χ3v) is 2.80. The Labute approximate surface area is 106 Å². The molecule has 0 atom stereocenters. The molecule has 4 nitrogen and oxygen atoms in total. The van der Waals surface area contributed by atoms with Gasteiger partial charge in [-0.3, -0.25) is 9.59 Å². The largest absolute Gasteiger partial charge is 0.424 e. The van der Waals surface area contributed by atoms with Crippen LogP contribution >= 0.6 is 12.0 Å². The molecule has 2 rings (SSSR count). The molecule has 0 unspecified atom stereocenters. The van der Waals surface area contributed by atoms with Crippen molar-refractivity contribution >= 4 is 28.7 Å². The summed E-state index contributed by atoms with van der Waals surface area (Å²) in [5, 5.41) is 0.370. The Morgan fingerprint density at radius 3 is 2.78 bits per heavy atom. The number of halogens is 1. The second kappa shape index (κ2) is 4.81. The van der Waals surface area contributed by atoms with Crippen molar-refractivity contribution < 1.29 is 13.4 Å². The van der Waals surface area contributed by atoms with Gasteiger partial charge in [0.1, 0.15) is 11.4 Å². The molecule has 0 aliphatic heterocycles. The first-order chi connectivity index (χ1) is 8.56. The van der Waals surface area contributed by atoms with E-state index < -0.39 is 17.2 Å². The SMILES string of the molecule is CSOc1c(C(C)=O)c(=O)[nH]c2c(F)cccc12. The number of benzene rings is 1. The molecule has 0 radical (unpaired) electrons. The Kier molecular flexibility index (Phi) is 3.38. The van der Waals surface area contributed by atoms with Gasteiger partial charge < -0.3 is 9.17 Å². The van der Waals surface area contributed by atoms with Crippen LogP contribution in [-0.2, 0) is 0 Å². The van der Waals surface area contributed by atoms with Crippen LogP contribution in [0.3, 0.4) is 0 Å². The van der Waals surface area contributed by atoms with Gasteiger partial charge >= 0.3 is 0 Å². The van der Waals surface area contributed by atoms with Crippen molar-refractivity contribution in [2.75, 3.05) is 6.26 Å². The third-order valence-electron chi connectivity index (χ3n) is 2.47. The van der Waals surface area contributed by atoms with Crippen LogP contribution in [0.5, 0.6) is 5.75 Å². The normalized spacial score (nSPS) is 10.6. The van der Waals surface area contributed by atoms with Gasteiger partial charge in [0, 0.05) is 11.6 Å². The molecule has 0 aliphatic rings. The maximum atomic E-state index is 13.6. The first-order valence-electron chi connectivity index (χ1n) is 5.12. The summed E-state index contributed by atoms with van der Waals surface area (Å²) < 4.78 is 18.9. The summed E-state index contributed by atoms with van der Waals surface area (Å²) in [6.07, 6.45) is 1.65. The van der Waals surface area contributed by atoms with Gasteiger partial charge in [-0.1, -0.05) is 6.07 Å². The highest BCUT2D eigenvalue weighted by Crippen LogP contribution is 2.29. The second-order valence-electron chi connectivity index (χ2n) is 3.63. The highest BCUT2D eigenvalue weighted by molar-refractivity contribution is 7.94. The van der Waals surface area contributed by atoms with Gasteiger partial charge in [0.2, 0.25) is 0 Å². The number of aromatic nitrogens is 1. The van der Waals surface area contributed by atoms with Gasteiger partial charge in [-0.25, -0.2) is 4.39 Å². The topological polar surface area (TPSA) is 59.2 Å². The predicted molar refractivity (Wildman–Crippen MR) is 68.7 cm³/mol. The summed E-state index contributed by atoms with van der Waals surface area (Å²) in [6, 6.07) is 4.31. The summed E-state index contributed by atoms with van der Waals surface area (Å²) in [7, 11) is 0. The summed E-state index contributed by atoms with van der Waals surface area (Å²) in [6.45, 7) is 1.27. The van der Waals surface area contributed by atoms with E-state index in [-0.39, 0.29) is 16.8 Å². The minimum atomic E-state index is -0.649. The molecule has 18 heavy (non-hydrogen) atoms. The van der Waals surface area contributed by atoms with Crippen LogP contribution < -0.4 is 9.74 Å². The molecule has 6 heteroatoms. The quantitative estimate of drug-likeness (QED) is 0.685. The molecular weight excluding hydrogens is 257 g/mol. The van der Waals surface area contributed by atoms with Crippen molar-refractivity contribution in [1.82, 2.24) is 4.98 Å². The lowest BCUT2D eigenvalue weighted by molar-refractivity contribution is 0.101. The average Bonchev–Trinajstić information content (AvgIpc) is 2.30. The van der Waals surface area contributed by atoms with E-state index >= 15 is 0 Å². The molecule has 2 aromatic rings. The zero-order chi connectivity index (χ0) is 13.3. The van der Waals surface area contributed by atoms with Crippen molar-refractivity contribution in [2.45, 2.75) is 6.92 Å². The molecule has 1 aromatic carbocycles. The molecule has 1 aromatic heterocycles. The third kappa shape index (κ3) is 1.99. The number of ketones is 1. The molecule has 0 spiro atoms. The van der Waals surface area contributed by atoms with Crippen molar-refractivity contribution in [2.24, 2.45) is 0 Å². The molecule has 0 aliphatic carbocycles. The van der Waals surface area contributed by atoms with Crippen molar-refractivity contribution in [3.63, 3.8) is 0 Å². The number of hydrogen-bond donors (Lipinski definition) is 1. The van der Waals surface area contributed by atoms with Gasteiger partial charge in [0.25, 0.3) is 5.56 Å². The Hall–Kier alpha value is -1.82. The van der Waals surface area contributed by atoms with E-state index in [0.717, 1.165) is 12.0 Å². The van der Waals surface area contributed by atoms with E-state index in [9.17, 15) is 14.0 Å². The molecule has 0 fully saturated rings. The molecule has 1 heterocycles. The Balaban J connectivity index is 2.94. The highest BCUT2D eigenvalue weighted by Gasteiger charge is 2.19. The minimum absolute atomic E-state index is 0.0385. The molecular formula is C12H10FNO3S. The predicted octanol–water partition coefficient (Wildman–Crippen LogP) is 2.53. The molecule has 0 saturated heterocycles. The van der Waals surface area contributed by atoms with E-state index in [1.54, 1.807) is 12.3 Å².